The normalized spacial score (nSPS) is 21.9. The summed E-state index contributed by atoms with van der Waals surface area (Å²) in [6, 6.07) is 6.11. The summed E-state index contributed by atoms with van der Waals surface area (Å²) in [4.78, 5) is 12.2. The maximum absolute atomic E-state index is 12.2. The second kappa shape index (κ2) is 7.46. The van der Waals surface area contributed by atoms with Gasteiger partial charge in [0.1, 0.15) is 5.75 Å². The van der Waals surface area contributed by atoms with Crippen molar-refractivity contribution in [1.29, 1.82) is 0 Å². The molecule has 1 aliphatic rings. The third-order valence-electron chi connectivity index (χ3n) is 4.07. The molecule has 1 fully saturated rings. The van der Waals surface area contributed by atoms with E-state index in [1.165, 1.54) is 5.56 Å². The lowest BCUT2D eigenvalue weighted by Crippen LogP contribution is -2.40. The van der Waals surface area contributed by atoms with E-state index in [1.54, 1.807) is 7.11 Å². The van der Waals surface area contributed by atoms with Gasteiger partial charge in [0.05, 0.1) is 19.1 Å². The molecule has 0 saturated carbocycles. The number of ether oxygens (including phenoxy) is 2. The molecule has 0 aromatic heterocycles. The molecule has 4 heteroatoms. The summed E-state index contributed by atoms with van der Waals surface area (Å²) >= 11 is 0. The van der Waals surface area contributed by atoms with Crippen LogP contribution in [0.15, 0.2) is 18.2 Å². The molecule has 1 aromatic rings. The van der Waals surface area contributed by atoms with Gasteiger partial charge in [-0.1, -0.05) is 17.7 Å². The maximum Gasteiger partial charge on any atom is 0.225 e. The zero-order chi connectivity index (χ0) is 15.2. The Morgan fingerprint density at radius 1 is 1.48 bits per heavy atom. The average molecular weight is 291 g/mol. The van der Waals surface area contributed by atoms with E-state index in [-0.39, 0.29) is 17.9 Å². The summed E-state index contributed by atoms with van der Waals surface area (Å²) in [5.74, 6) is 0.969. The van der Waals surface area contributed by atoms with Gasteiger partial charge >= 0.3 is 0 Å². The monoisotopic (exact) mass is 291 g/mol. The van der Waals surface area contributed by atoms with Gasteiger partial charge in [-0.2, -0.15) is 0 Å². The molecule has 0 bridgehead atoms. The topological polar surface area (TPSA) is 47.6 Å². The van der Waals surface area contributed by atoms with Gasteiger partial charge in [0, 0.05) is 13.2 Å². The second-order valence-electron chi connectivity index (χ2n) is 5.68. The van der Waals surface area contributed by atoms with Gasteiger partial charge in [-0.15, -0.1) is 0 Å². The molecule has 1 heterocycles. The van der Waals surface area contributed by atoms with Gasteiger partial charge in [-0.25, -0.2) is 0 Å². The predicted octanol–water partition coefficient (Wildman–Crippen LogP) is 2.48. The van der Waals surface area contributed by atoms with Crippen LogP contribution in [0.4, 0.5) is 0 Å². The summed E-state index contributed by atoms with van der Waals surface area (Å²) in [6.45, 7) is 5.43. The fraction of sp³-hybridized carbons (Fsp3) is 0.588. The first-order valence-corrected chi connectivity index (χ1v) is 7.64. The molecule has 0 unspecified atom stereocenters. The number of nitrogens with one attached hydrogen (secondary N) is 1. The lowest BCUT2D eigenvalue weighted by atomic mass is 9.94. The largest absolute Gasteiger partial charge is 0.496 e. The van der Waals surface area contributed by atoms with Crippen LogP contribution in [0.1, 0.15) is 30.9 Å². The highest BCUT2D eigenvalue weighted by molar-refractivity contribution is 5.79. The Morgan fingerprint density at radius 3 is 3.00 bits per heavy atom. The minimum absolute atomic E-state index is 0.0156. The molecular formula is C17H25NO3. The van der Waals surface area contributed by atoms with Crippen LogP contribution in [-0.4, -0.2) is 32.3 Å². The molecule has 0 radical (unpaired) electrons. The maximum atomic E-state index is 12.2. The zero-order valence-electron chi connectivity index (χ0n) is 13.1. The molecule has 2 rings (SSSR count). The molecule has 4 nitrogen and oxygen atoms in total. The molecule has 0 aliphatic carbocycles. The van der Waals surface area contributed by atoms with Crippen molar-refractivity contribution < 1.29 is 14.3 Å². The highest BCUT2D eigenvalue weighted by atomic mass is 16.5. The number of carbonyl (C=O) groups is 1. The van der Waals surface area contributed by atoms with Crippen molar-refractivity contribution in [2.75, 3.05) is 20.3 Å². The smallest absolute Gasteiger partial charge is 0.225 e. The third kappa shape index (κ3) is 4.21. The van der Waals surface area contributed by atoms with Gasteiger partial charge in [0.15, 0.2) is 0 Å². The van der Waals surface area contributed by atoms with Gasteiger partial charge in [0.25, 0.3) is 0 Å². The Kier molecular flexibility index (Phi) is 5.62. The lowest BCUT2D eigenvalue weighted by molar-refractivity contribution is -0.133. The van der Waals surface area contributed by atoms with E-state index in [1.807, 2.05) is 19.1 Å². The van der Waals surface area contributed by atoms with Gasteiger partial charge in [0.2, 0.25) is 5.91 Å². The van der Waals surface area contributed by atoms with Crippen molar-refractivity contribution in [3.05, 3.63) is 29.3 Å². The Morgan fingerprint density at radius 2 is 2.29 bits per heavy atom. The predicted molar refractivity (Wildman–Crippen MR) is 82.6 cm³/mol. The number of hydrogen-bond acceptors (Lipinski definition) is 3. The third-order valence-corrected chi connectivity index (χ3v) is 4.07. The molecule has 116 valence electrons. The summed E-state index contributed by atoms with van der Waals surface area (Å²) in [5.41, 5.74) is 2.33. The summed E-state index contributed by atoms with van der Waals surface area (Å²) < 4.78 is 10.9. The van der Waals surface area contributed by atoms with E-state index in [4.69, 9.17) is 9.47 Å². The fourth-order valence-corrected chi connectivity index (χ4v) is 2.82. The Labute approximate surface area is 126 Å². The molecule has 0 spiro atoms. The van der Waals surface area contributed by atoms with Crippen LogP contribution in [-0.2, 0) is 16.0 Å². The molecule has 1 aromatic carbocycles. The summed E-state index contributed by atoms with van der Waals surface area (Å²) in [5, 5.41) is 3.03. The van der Waals surface area contributed by atoms with Crippen molar-refractivity contribution in [2.45, 2.75) is 39.2 Å². The van der Waals surface area contributed by atoms with Crippen molar-refractivity contribution in [3.8, 4) is 5.75 Å². The van der Waals surface area contributed by atoms with Crippen molar-refractivity contribution in [3.63, 3.8) is 0 Å². The van der Waals surface area contributed by atoms with Crippen molar-refractivity contribution >= 4 is 5.91 Å². The van der Waals surface area contributed by atoms with E-state index in [0.717, 1.165) is 37.2 Å². The van der Waals surface area contributed by atoms with Crippen LogP contribution in [0.25, 0.3) is 0 Å². The molecule has 1 saturated heterocycles. The van der Waals surface area contributed by atoms with E-state index in [2.05, 4.69) is 18.3 Å². The average Bonchev–Trinajstić information content (AvgIpc) is 2.48. The van der Waals surface area contributed by atoms with Crippen LogP contribution < -0.4 is 10.1 Å². The van der Waals surface area contributed by atoms with Crippen LogP contribution in [0, 0.1) is 12.8 Å². The number of rotatable bonds is 5. The van der Waals surface area contributed by atoms with Crippen molar-refractivity contribution in [2.24, 2.45) is 5.92 Å². The van der Waals surface area contributed by atoms with Crippen LogP contribution in [0.2, 0.25) is 0 Å². The fourth-order valence-electron chi connectivity index (χ4n) is 2.82. The standard InChI is InChI=1S/C17H25NO3/c1-12-6-7-16(20-3)14(11-12)8-9-18-17(19)15-5-4-10-21-13(15)2/h6-7,11,13,15H,4-5,8-10H2,1-3H3,(H,18,19)/t13-,15+/m1/s1. The Balaban J connectivity index is 1.86. The highest BCUT2D eigenvalue weighted by Gasteiger charge is 2.28. The van der Waals surface area contributed by atoms with Crippen LogP contribution >= 0.6 is 0 Å². The van der Waals surface area contributed by atoms with Crippen LogP contribution in [0.3, 0.4) is 0 Å². The van der Waals surface area contributed by atoms with E-state index < -0.39 is 0 Å². The molecular weight excluding hydrogens is 266 g/mol. The van der Waals surface area contributed by atoms with Gasteiger partial charge in [-0.05, 0) is 44.7 Å². The Bertz CT molecular complexity index is 487. The summed E-state index contributed by atoms with van der Waals surface area (Å²) in [6.07, 6.45) is 2.68. The minimum Gasteiger partial charge on any atom is -0.496 e. The number of carbonyl (C=O) groups excluding carboxylic acids is 1. The Hall–Kier alpha value is -1.55. The zero-order valence-corrected chi connectivity index (χ0v) is 13.1. The molecule has 1 aliphatic heterocycles. The number of amides is 1. The first-order chi connectivity index (χ1) is 10.1. The van der Waals surface area contributed by atoms with Gasteiger partial charge in [-0.3, -0.25) is 4.79 Å². The molecule has 1 N–H and O–H groups in total. The quantitative estimate of drug-likeness (QED) is 0.906. The van der Waals surface area contributed by atoms with Gasteiger partial charge < -0.3 is 14.8 Å². The number of methoxy groups -OCH3 is 1. The number of benzene rings is 1. The first-order valence-electron chi connectivity index (χ1n) is 7.64. The molecule has 1 amide bonds. The lowest BCUT2D eigenvalue weighted by Gasteiger charge is -2.28. The first kappa shape index (κ1) is 15.8. The van der Waals surface area contributed by atoms with Crippen LogP contribution in [0.5, 0.6) is 5.75 Å². The van der Waals surface area contributed by atoms with Crippen molar-refractivity contribution in [1.82, 2.24) is 5.32 Å². The second-order valence-corrected chi connectivity index (χ2v) is 5.68. The highest BCUT2D eigenvalue weighted by Crippen LogP contribution is 2.21. The van der Waals surface area contributed by atoms with E-state index in [9.17, 15) is 4.79 Å². The minimum atomic E-state index is -0.0156. The van der Waals surface area contributed by atoms with E-state index in [0.29, 0.717) is 6.54 Å². The molecule has 2 atom stereocenters. The summed E-state index contributed by atoms with van der Waals surface area (Å²) in [7, 11) is 1.67. The molecule has 21 heavy (non-hydrogen) atoms. The van der Waals surface area contributed by atoms with E-state index >= 15 is 0 Å². The number of hydrogen-bond donors (Lipinski definition) is 1. The SMILES string of the molecule is COc1ccc(C)cc1CCNC(=O)[C@H]1CCCO[C@@H]1C. The number of aryl methyl sites for hydroxylation is 1.